The van der Waals surface area contributed by atoms with Crippen LogP contribution in [-0.4, -0.2) is 40.0 Å². The number of alkyl halides is 3. The van der Waals surface area contributed by atoms with Gasteiger partial charge in [-0.2, -0.15) is 18.1 Å². The minimum Gasteiger partial charge on any atom is -0.402 e. The van der Waals surface area contributed by atoms with E-state index >= 15 is 0 Å². The molecular weight excluding hydrogens is 461 g/mol. The SMILES string of the molecule is Cc1cc(-c2nnc(NC3CCC(N=O)CC3)o2)nc2c(C(C)(C)C)cc(NCC(F)(F)F)cc12. The molecule has 3 aromatic rings. The molecule has 0 spiro atoms. The maximum Gasteiger partial charge on any atom is 0.405 e. The molecule has 0 saturated heterocycles. The minimum atomic E-state index is -4.32. The fourth-order valence-electron chi connectivity index (χ4n) is 4.36. The molecule has 2 heterocycles. The highest BCUT2D eigenvalue weighted by Crippen LogP contribution is 2.36. The van der Waals surface area contributed by atoms with Crippen LogP contribution in [0.5, 0.6) is 0 Å². The van der Waals surface area contributed by atoms with Crippen LogP contribution in [-0.2, 0) is 5.41 Å². The van der Waals surface area contributed by atoms with Crippen molar-refractivity contribution >= 4 is 22.6 Å². The van der Waals surface area contributed by atoms with Crippen molar-refractivity contribution in [2.45, 2.75) is 77.1 Å². The second-order valence-electron chi connectivity index (χ2n) is 10.1. The molecule has 35 heavy (non-hydrogen) atoms. The van der Waals surface area contributed by atoms with E-state index in [4.69, 9.17) is 9.40 Å². The van der Waals surface area contributed by atoms with E-state index in [2.05, 4.69) is 26.0 Å². The van der Waals surface area contributed by atoms with E-state index in [9.17, 15) is 18.1 Å². The molecule has 1 saturated carbocycles. The molecule has 1 fully saturated rings. The first kappa shape index (κ1) is 24.9. The van der Waals surface area contributed by atoms with Crippen LogP contribution in [0, 0.1) is 11.8 Å². The lowest BCUT2D eigenvalue weighted by molar-refractivity contribution is -0.115. The number of nitrogens with zero attached hydrogens (tertiary/aromatic N) is 4. The number of rotatable bonds is 6. The Balaban J connectivity index is 1.64. The number of aryl methyl sites for hydroxylation is 1. The molecule has 1 aliphatic carbocycles. The molecule has 0 aliphatic heterocycles. The van der Waals surface area contributed by atoms with Crippen LogP contribution >= 0.6 is 0 Å². The molecule has 2 N–H and O–H groups in total. The van der Waals surface area contributed by atoms with Crippen molar-refractivity contribution in [1.29, 1.82) is 0 Å². The van der Waals surface area contributed by atoms with Crippen molar-refractivity contribution < 1.29 is 17.6 Å². The monoisotopic (exact) mass is 490 g/mol. The molecule has 188 valence electrons. The van der Waals surface area contributed by atoms with E-state index in [0.717, 1.165) is 42.2 Å². The molecule has 0 bridgehead atoms. The Kier molecular flexibility index (Phi) is 6.70. The summed E-state index contributed by atoms with van der Waals surface area (Å²) >= 11 is 0. The van der Waals surface area contributed by atoms with Crippen LogP contribution in [0.15, 0.2) is 27.8 Å². The Morgan fingerprint density at radius 1 is 1.09 bits per heavy atom. The molecule has 0 amide bonds. The first-order chi connectivity index (χ1) is 16.4. The van der Waals surface area contributed by atoms with E-state index in [1.807, 2.05) is 27.7 Å². The highest BCUT2D eigenvalue weighted by Gasteiger charge is 2.28. The largest absolute Gasteiger partial charge is 0.405 e. The van der Waals surface area contributed by atoms with E-state index in [-0.39, 0.29) is 29.4 Å². The zero-order chi connectivity index (χ0) is 25.4. The maximum atomic E-state index is 12.8. The Labute approximate surface area is 201 Å². The highest BCUT2D eigenvalue weighted by atomic mass is 19.4. The van der Waals surface area contributed by atoms with Crippen molar-refractivity contribution in [2.24, 2.45) is 5.18 Å². The topological polar surface area (TPSA) is 105 Å². The third kappa shape index (κ3) is 5.88. The van der Waals surface area contributed by atoms with Gasteiger partial charge in [0, 0.05) is 17.1 Å². The number of anilines is 2. The van der Waals surface area contributed by atoms with Gasteiger partial charge in [0.25, 0.3) is 5.89 Å². The van der Waals surface area contributed by atoms with Crippen molar-refractivity contribution in [3.63, 3.8) is 0 Å². The minimum absolute atomic E-state index is 0.128. The number of fused-ring (bicyclic) bond motifs is 1. The summed E-state index contributed by atoms with van der Waals surface area (Å²) in [6.45, 7) is 6.73. The van der Waals surface area contributed by atoms with Gasteiger partial charge in [0.1, 0.15) is 12.2 Å². The molecule has 8 nitrogen and oxygen atoms in total. The molecule has 0 unspecified atom stereocenters. The Hall–Kier alpha value is -3.24. The van der Waals surface area contributed by atoms with Gasteiger partial charge >= 0.3 is 12.2 Å². The van der Waals surface area contributed by atoms with Gasteiger partial charge in [-0.3, -0.25) is 0 Å². The lowest BCUT2D eigenvalue weighted by Crippen LogP contribution is -2.27. The van der Waals surface area contributed by atoms with Crippen molar-refractivity contribution in [3.05, 3.63) is 34.2 Å². The van der Waals surface area contributed by atoms with Gasteiger partial charge in [0.15, 0.2) is 0 Å². The van der Waals surface area contributed by atoms with Crippen LogP contribution in [0.3, 0.4) is 0 Å². The smallest absolute Gasteiger partial charge is 0.402 e. The number of pyridine rings is 1. The predicted octanol–water partition coefficient (Wildman–Crippen LogP) is 6.35. The third-order valence-corrected chi connectivity index (χ3v) is 6.24. The quantitative estimate of drug-likeness (QED) is 0.388. The standard InChI is InChI=1S/C24H29F3N6O2/c1-13-9-19(21-31-32-22(35-21)29-14-5-7-15(33-34)8-6-14)30-20-17(13)10-16(28-12-24(25,26)27)11-18(20)23(2,3)4/h9-11,14-15,28H,5-8,12H2,1-4H3,(H,29,32). The van der Waals surface area contributed by atoms with Crippen LogP contribution in [0.25, 0.3) is 22.5 Å². The summed E-state index contributed by atoms with van der Waals surface area (Å²) < 4.78 is 44.2. The fraction of sp³-hybridized carbons (Fsp3) is 0.542. The average Bonchev–Trinajstić information content (AvgIpc) is 3.25. The Bertz CT molecular complexity index is 1210. The molecular formula is C24H29F3N6O2. The van der Waals surface area contributed by atoms with Gasteiger partial charge in [-0.15, -0.1) is 5.10 Å². The van der Waals surface area contributed by atoms with Crippen LogP contribution in [0.4, 0.5) is 24.9 Å². The summed E-state index contributed by atoms with van der Waals surface area (Å²) in [7, 11) is 0. The molecule has 0 atom stereocenters. The maximum absolute atomic E-state index is 12.8. The van der Waals surface area contributed by atoms with Gasteiger partial charge in [-0.05, 0) is 67.3 Å². The number of nitrogens with one attached hydrogen (secondary N) is 2. The highest BCUT2D eigenvalue weighted by molar-refractivity contribution is 5.90. The van der Waals surface area contributed by atoms with Gasteiger partial charge in [0.2, 0.25) is 0 Å². The zero-order valence-electron chi connectivity index (χ0n) is 20.2. The molecule has 1 aromatic carbocycles. The summed E-state index contributed by atoms with van der Waals surface area (Å²) in [6.07, 6.45) is -1.28. The van der Waals surface area contributed by atoms with E-state index in [1.54, 1.807) is 18.2 Å². The van der Waals surface area contributed by atoms with Crippen molar-refractivity contribution in [1.82, 2.24) is 15.2 Å². The second-order valence-corrected chi connectivity index (χ2v) is 10.1. The summed E-state index contributed by atoms with van der Waals surface area (Å²) in [5, 5.41) is 17.8. The number of aromatic nitrogens is 3. The van der Waals surface area contributed by atoms with Gasteiger partial charge in [-0.1, -0.05) is 31.0 Å². The van der Waals surface area contributed by atoms with Crippen LogP contribution in [0.2, 0.25) is 0 Å². The van der Waals surface area contributed by atoms with Crippen LogP contribution in [0.1, 0.15) is 57.6 Å². The molecule has 2 aromatic heterocycles. The molecule has 0 radical (unpaired) electrons. The summed E-state index contributed by atoms with van der Waals surface area (Å²) in [5.74, 6) is 0.250. The first-order valence-corrected chi connectivity index (χ1v) is 11.6. The fourth-order valence-corrected chi connectivity index (χ4v) is 4.36. The van der Waals surface area contributed by atoms with E-state index in [1.165, 1.54) is 0 Å². The van der Waals surface area contributed by atoms with Gasteiger partial charge in [-0.25, -0.2) is 4.98 Å². The van der Waals surface area contributed by atoms with E-state index in [0.29, 0.717) is 16.9 Å². The van der Waals surface area contributed by atoms with Crippen LogP contribution < -0.4 is 10.6 Å². The Morgan fingerprint density at radius 3 is 2.43 bits per heavy atom. The second kappa shape index (κ2) is 9.43. The van der Waals surface area contributed by atoms with Gasteiger partial charge < -0.3 is 15.1 Å². The average molecular weight is 491 g/mol. The molecule has 4 rings (SSSR count). The lowest BCUT2D eigenvalue weighted by Gasteiger charge is -2.24. The van der Waals surface area contributed by atoms with Gasteiger partial charge in [0.05, 0.1) is 11.6 Å². The lowest BCUT2D eigenvalue weighted by atomic mass is 9.84. The summed E-state index contributed by atoms with van der Waals surface area (Å²) in [5.41, 5.74) is 2.83. The third-order valence-electron chi connectivity index (χ3n) is 6.24. The number of hydrogen-bond acceptors (Lipinski definition) is 8. The zero-order valence-corrected chi connectivity index (χ0v) is 20.2. The number of hydrogen-bond donors (Lipinski definition) is 2. The predicted molar refractivity (Wildman–Crippen MR) is 128 cm³/mol. The van der Waals surface area contributed by atoms with Crippen molar-refractivity contribution in [2.75, 3.05) is 17.2 Å². The number of halogens is 3. The number of benzene rings is 1. The van der Waals surface area contributed by atoms with Crippen molar-refractivity contribution in [3.8, 4) is 11.6 Å². The normalized spacial score (nSPS) is 19.1. The molecule has 11 heteroatoms. The summed E-state index contributed by atoms with van der Waals surface area (Å²) in [6, 6.07) is 5.48. The molecule has 1 aliphatic rings. The summed E-state index contributed by atoms with van der Waals surface area (Å²) in [4.78, 5) is 15.5. The number of nitroso groups, excluding NO2 is 1. The Morgan fingerprint density at radius 2 is 1.80 bits per heavy atom. The van der Waals surface area contributed by atoms with E-state index < -0.39 is 12.7 Å². The first-order valence-electron chi connectivity index (χ1n) is 11.6.